The zero-order valence-electron chi connectivity index (χ0n) is 14.2. The Bertz CT molecular complexity index is 1190. The molecule has 1 N–H and O–H groups in total. The third-order valence-corrected chi connectivity index (χ3v) is 5.49. The van der Waals surface area contributed by atoms with Crippen LogP contribution in [0, 0.1) is 5.82 Å². The number of aryl methyl sites for hydroxylation is 1. The first-order valence-electron chi connectivity index (χ1n) is 7.79. The summed E-state index contributed by atoms with van der Waals surface area (Å²) in [5.74, 6) is -0.751. The van der Waals surface area contributed by atoms with Gasteiger partial charge < -0.3 is 4.57 Å². The van der Waals surface area contributed by atoms with Crippen LogP contribution < -0.4 is 10.3 Å². The van der Waals surface area contributed by atoms with Crippen LogP contribution >= 0.6 is 0 Å². The van der Waals surface area contributed by atoms with E-state index in [4.69, 9.17) is 0 Å². The molecule has 0 saturated carbocycles. The SMILES string of the molecule is Cn1c(=O)cnc2cc(S(=O)(=O)N[C@H](c3ccc(F)cc3)C(F)(F)F)ccc21. The maximum Gasteiger partial charge on any atom is 0.408 e. The van der Waals surface area contributed by atoms with Crippen molar-refractivity contribution in [2.75, 3.05) is 0 Å². The fraction of sp³-hybridized carbons (Fsp3) is 0.176. The van der Waals surface area contributed by atoms with Crippen LogP contribution in [0.3, 0.4) is 0 Å². The molecule has 0 aliphatic heterocycles. The highest BCUT2D eigenvalue weighted by Gasteiger charge is 2.43. The quantitative estimate of drug-likeness (QED) is 0.665. The molecule has 0 saturated heterocycles. The summed E-state index contributed by atoms with van der Waals surface area (Å²) in [6, 6.07) is 4.17. The molecule has 1 heterocycles. The molecular formula is C17H13F4N3O3S. The topological polar surface area (TPSA) is 81.1 Å². The molecule has 0 aliphatic carbocycles. The highest BCUT2D eigenvalue weighted by molar-refractivity contribution is 7.89. The third-order valence-electron chi connectivity index (χ3n) is 4.07. The Morgan fingerprint density at radius 1 is 1.11 bits per heavy atom. The highest BCUT2D eigenvalue weighted by atomic mass is 32.2. The van der Waals surface area contributed by atoms with Gasteiger partial charge in [0.1, 0.15) is 11.9 Å². The molecule has 11 heteroatoms. The van der Waals surface area contributed by atoms with Crippen LogP contribution in [0.2, 0.25) is 0 Å². The Balaban J connectivity index is 2.03. The van der Waals surface area contributed by atoms with Gasteiger partial charge in [-0.3, -0.25) is 4.79 Å². The lowest BCUT2D eigenvalue weighted by Gasteiger charge is -2.22. The van der Waals surface area contributed by atoms with Gasteiger partial charge in [-0.05, 0) is 35.9 Å². The smallest absolute Gasteiger partial charge is 0.309 e. The van der Waals surface area contributed by atoms with Gasteiger partial charge in [0, 0.05) is 7.05 Å². The normalized spacial score (nSPS) is 13.6. The molecule has 0 bridgehead atoms. The van der Waals surface area contributed by atoms with Crippen molar-refractivity contribution in [2.24, 2.45) is 7.05 Å². The molecule has 6 nitrogen and oxygen atoms in total. The summed E-state index contributed by atoms with van der Waals surface area (Å²) >= 11 is 0. The standard InChI is InChI=1S/C17H13F4N3O3S/c1-24-14-7-6-12(8-13(14)22-9-15(24)25)28(26,27)23-16(17(19,20)21)10-2-4-11(18)5-3-10/h2-9,16,23H,1H3/t16-/m1/s1. The number of hydrogen-bond donors (Lipinski definition) is 1. The molecule has 0 fully saturated rings. The lowest BCUT2D eigenvalue weighted by atomic mass is 10.1. The van der Waals surface area contributed by atoms with Gasteiger partial charge >= 0.3 is 6.18 Å². The maximum atomic E-state index is 13.4. The van der Waals surface area contributed by atoms with Crippen LogP contribution in [0.1, 0.15) is 11.6 Å². The molecule has 0 amide bonds. The third kappa shape index (κ3) is 3.90. The van der Waals surface area contributed by atoms with Crippen molar-refractivity contribution in [2.45, 2.75) is 17.1 Å². The molecule has 0 unspecified atom stereocenters. The number of aromatic nitrogens is 2. The Hall–Kier alpha value is -2.79. The average molecular weight is 415 g/mol. The fourth-order valence-corrected chi connectivity index (χ4v) is 3.82. The molecule has 148 valence electrons. The van der Waals surface area contributed by atoms with E-state index in [0.29, 0.717) is 5.52 Å². The van der Waals surface area contributed by atoms with Crippen LogP contribution in [0.15, 0.2) is 58.4 Å². The van der Waals surface area contributed by atoms with Crippen molar-refractivity contribution in [3.05, 3.63) is 70.4 Å². The van der Waals surface area contributed by atoms with Gasteiger partial charge in [0.15, 0.2) is 0 Å². The molecule has 2 aromatic carbocycles. The largest absolute Gasteiger partial charge is 0.408 e. The molecule has 1 atom stereocenters. The number of fused-ring (bicyclic) bond motifs is 1. The van der Waals surface area contributed by atoms with Gasteiger partial charge in [0.2, 0.25) is 10.0 Å². The summed E-state index contributed by atoms with van der Waals surface area (Å²) in [5, 5.41) is 0. The Kier molecular flexibility index (Phi) is 4.98. The number of alkyl halides is 3. The summed E-state index contributed by atoms with van der Waals surface area (Å²) in [6.07, 6.45) is -3.98. The summed E-state index contributed by atoms with van der Waals surface area (Å²) in [6.45, 7) is 0. The zero-order valence-corrected chi connectivity index (χ0v) is 15.1. The second-order valence-corrected chi connectivity index (χ2v) is 7.67. The van der Waals surface area contributed by atoms with Crippen LogP contribution in [-0.2, 0) is 17.1 Å². The van der Waals surface area contributed by atoms with E-state index in [1.165, 1.54) is 17.7 Å². The van der Waals surface area contributed by atoms with E-state index in [2.05, 4.69) is 4.98 Å². The van der Waals surface area contributed by atoms with Crippen molar-refractivity contribution in [3.63, 3.8) is 0 Å². The van der Waals surface area contributed by atoms with Crippen molar-refractivity contribution in [1.29, 1.82) is 0 Å². The van der Waals surface area contributed by atoms with Gasteiger partial charge in [-0.15, -0.1) is 0 Å². The first kappa shape index (κ1) is 20.0. The number of nitrogens with one attached hydrogen (secondary N) is 1. The first-order valence-corrected chi connectivity index (χ1v) is 9.28. The molecule has 3 rings (SSSR count). The molecule has 0 radical (unpaired) electrons. The van der Waals surface area contributed by atoms with E-state index in [1.54, 1.807) is 4.72 Å². The number of halogens is 4. The average Bonchev–Trinajstić information content (AvgIpc) is 2.62. The Morgan fingerprint density at radius 2 is 1.75 bits per heavy atom. The second kappa shape index (κ2) is 6.99. The highest BCUT2D eigenvalue weighted by Crippen LogP contribution is 2.34. The summed E-state index contributed by atoms with van der Waals surface area (Å²) in [7, 11) is -3.16. The van der Waals surface area contributed by atoms with Crippen molar-refractivity contribution in [3.8, 4) is 0 Å². The van der Waals surface area contributed by atoms with Gasteiger partial charge in [0.05, 0.1) is 22.1 Å². The van der Waals surface area contributed by atoms with Gasteiger partial charge in [-0.1, -0.05) is 12.1 Å². The van der Waals surface area contributed by atoms with Crippen LogP contribution in [0.25, 0.3) is 11.0 Å². The van der Waals surface area contributed by atoms with E-state index in [0.717, 1.165) is 42.6 Å². The van der Waals surface area contributed by atoms with E-state index in [9.17, 15) is 30.8 Å². The Morgan fingerprint density at radius 3 is 2.36 bits per heavy atom. The minimum atomic E-state index is -4.95. The van der Waals surface area contributed by atoms with Crippen molar-refractivity contribution < 1.29 is 26.0 Å². The fourth-order valence-electron chi connectivity index (χ4n) is 2.59. The maximum absolute atomic E-state index is 13.4. The monoisotopic (exact) mass is 415 g/mol. The summed E-state index contributed by atoms with van der Waals surface area (Å²) < 4.78 is 81.2. The van der Waals surface area contributed by atoms with Crippen molar-refractivity contribution >= 4 is 21.1 Å². The Labute approximate surface area is 156 Å². The first-order chi connectivity index (χ1) is 13.0. The molecule has 0 aliphatic rings. The lowest BCUT2D eigenvalue weighted by Crippen LogP contribution is -2.38. The predicted molar refractivity (Wildman–Crippen MR) is 92.5 cm³/mol. The number of benzene rings is 2. The van der Waals surface area contributed by atoms with E-state index >= 15 is 0 Å². The minimum Gasteiger partial charge on any atom is -0.309 e. The lowest BCUT2D eigenvalue weighted by molar-refractivity contribution is -0.153. The second-order valence-electron chi connectivity index (χ2n) is 5.95. The van der Waals surface area contributed by atoms with Gasteiger partial charge in [-0.2, -0.15) is 17.9 Å². The molecular weight excluding hydrogens is 402 g/mol. The summed E-state index contributed by atoms with van der Waals surface area (Å²) in [5.41, 5.74) is -0.443. The number of sulfonamides is 1. The van der Waals surface area contributed by atoms with Crippen LogP contribution in [0.4, 0.5) is 17.6 Å². The number of hydrogen-bond acceptors (Lipinski definition) is 4. The molecule has 1 aromatic heterocycles. The molecule has 0 spiro atoms. The zero-order chi connectivity index (χ0) is 20.7. The minimum absolute atomic E-state index is 0.121. The van der Waals surface area contributed by atoms with E-state index in [1.807, 2.05) is 0 Å². The van der Waals surface area contributed by atoms with Crippen molar-refractivity contribution in [1.82, 2.24) is 14.3 Å². The van der Waals surface area contributed by atoms with Crippen LogP contribution in [0.5, 0.6) is 0 Å². The molecule has 3 aromatic rings. The number of nitrogens with zero attached hydrogens (tertiary/aromatic N) is 2. The van der Waals surface area contributed by atoms with Crippen LogP contribution in [-0.4, -0.2) is 24.1 Å². The van der Waals surface area contributed by atoms with Gasteiger partial charge in [0.25, 0.3) is 5.56 Å². The van der Waals surface area contributed by atoms with E-state index < -0.39 is 44.1 Å². The van der Waals surface area contributed by atoms with E-state index in [-0.39, 0.29) is 5.52 Å². The summed E-state index contributed by atoms with van der Waals surface area (Å²) in [4.78, 5) is 14.9. The van der Waals surface area contributed by atoms with Gasteiger partial charge in [-0.25, -0.2) is 17.8 Å². The predicted octanol–water partition coefficient (Wildman–Crippen LogP) is 2.65. The number of rotatable bonds is 4. The molecule has 28 heavy (non-hydrogen) atoms.